The van der Waals surface area contributed by atoms with Crippen molar-refractivity contribution in [2.75, 3.05) is 20.2 Å². The second kappa shape index (κ2) is 7.14. The molecule has 1 rings (SSSR count). The SMILES string of the molecule is CCNCC(=O)NCc1cc(C)c(OC)c(C)c1C. The fraction of sp³-hybridized carbons (Fsp3) is 0.533. The molecule has 0 radical (unpaired) electrons. The van der Waals surface area contributed by atoms with E-state index in [-0.39, 0.29) is 5.91 Å². The molecule has 0 aliphatic rings. The molecular weight excluding hydrogens is 240 g/mol. The summed E-state index contributed by atoms with van der Waals surface area (Å²) in [5.41, 5.74) is 4.55. The van der Waals surface area contributed by atoms with Gasteiger partial charge in [-0.3, -0.25) is 4.79 Å². The molecule has 1 aromatic carbocycles. The summed E-state index contributed by atoms with van der Waals surface area (Å²) < 4.78 is 5.39. The standard InChI is InChI=1S/C15H24N2O2/c1-6-16-9-14(18)17-8-13-7-10(2)15(19-5)12(4)11(13)3/h7,16H,6,8-9H2,1-5H3,(H,17,18). The Morgan fingerprint density at radius 2 is 1.95 bits per heavy atom. The van der Waals surface area contributed by atoms with Gasteiger partial charge < -0.3 is 15.4 Å². The van der Waals surface area contributed by atoms with E-state index in [1.807, 2.05) is 20.8 Å². The molecule has 0 aromatic heterocycles. The Balaban J connectivity index is 2.77. The Morgan fingerprint density at radius 3 is 2.53 bits per heavy atom. The Labute approximate surface area is 115 Å². The minimum absolute atomic E-state index is 0.0207. The largest absolute Gasteiger partial charge is 0.496 e. The first-order valence-electron chi connectivity index (χ1n) is 6.62. The number of likely N-dealkylation sites (N-methyl/N-ethyl adjacent to an activating group) is 1. The number of aryl methyl sites for hydroxylation is 1. The molecule has 4 heteroatoms. The lowest BCUT2D eigenvalue weighted by Crippen LogP contribution is -2.33. The highest BCUT2D eigenvalue weighted by atomic mass is 16.5. The smallest absolute Gasteiger partial charge is 0.234 e. The number of carbonyl (C=O) groups is 1. The molecule has 0 saturated carbocycles. The monoisotopic (exact) mass is 264 g/mol. The average molecular weight is 264 g/mol. The van der Waals surface area contributed by atoms with Gasteiger partial charge in [-0.25, -0.2) is 0 Å². The number of methoxy groups -OCH3 is 1. The van der Waals surface area contributed by atoms with Crippen molar-refractivity contribution in [3.05, 3.63) is 28.3 Å². The zero-order valence-electron chi connectivity index (χ0n) is 12.5. The first-order chi connectivity index (χ1) is 9.01. The molecule has 0 bridgehead atoms. The van der Waals surface area contributed by atoms with Gasteiger partial charge in [0.1, 0.15) is 5.75 Å². The van der Waals surface area contributed by atoms with E-state index in [9.17, 15) is 4.79 Å². The molecule has 0 heterocycles. The van der Waals surface area contributed by atoms with Crippen LogP contribution in [0.2, 0.25) is 0 Å². The van der Waals surface area contributed by atoms with Gasteiger partial charge in [-0.2, -0.15) is 0 Å². The molecule has 2 N–H and O–H groups in total. The number of hydrogen-bond donors (Lipinski definition) is 2. The molecule has 0 saturated heterocycles. The third kappa shape index (κ3) is 3.96. The lowest BCUT2D eigenvalue weighted by Gasteiger charge is -2.16. The van der Waals surface area contributed by atoms with E-state index in [4.69, 9.17) is 4.74 Å². The summed E-state index contributed by atoms with van der Waals surface area (Å²) in [5, 5.41) is 5.93. The van der Waals surface area contributed by atoms with Crippen molar-refractivity contribution >= 4 is 5.91 Å². The Kier molecular flexibility index (Phi) is 5.83. The molecule has 0 spiro atoms. The first kappa shape index (κ1) is 15.5. The van der Waals surface area contributed by atoms with Gasteiger partial charge in [-0.1, -0.05) is 13.0 Å². The first-order valence-corrected chi connectivity index (χ1v) is 6.62. The molecular formula is C15H24N2O2. The molecule has 0 aliphatic carbocycles. The predicted molar refractivity (Wildman–Crippen MR) is 77.6 cm³/mol. The van der Waals surface area contributed by atoms with Crippen molar-refractivity contribution in [3.8, 4) is 5.75 Å². The van der Waals surface area contributed by atoms with Crippen molar-refractivity contribution in [1.29, 1.82) is 0 Å². The Hall–Kier alpha value is -1.55. The summed E-state index contributed by atoms with van der Waals surface area (Å²) >= 11 is 0. The lowest BCUT2D eigenvalue weighted by molar-refractivity contribution is -0.120. The molecule has 4 nitrogen and oxygen atoms in total. The average Bonchev–Trinajstić information content (AvgIpc) is 2.39. The molecule has 1 amide bonds. The fourth-order valence-electron chi connectivity index (χ4n) is 2.13. The van der Waals surface area contributed by atoms with Crippen LogP contribution in [0.5, 0.6) is 5.75 Å². The van der Waals surface area contributed by atoms with Gasteiger partial charge in [0.05, 0.1) is 13.7 Å². The molecule has 0 aliphatic heterocycles. The molecule has 19 heavy (non-hydrogen) atoms. The number of carbonyl (C=O) groups excluding carboxylic acids is 1. The minimum Gasteiger partial charge on any atom is -0.496 e. The van der Waals surface area contributed by atoms with E-state index in [0.29, 0.717) is 13.1 Å². The van der Waals surface area contributed by atoms with E-state index in [0.717, 1.165) is 29.0 Å². The highest BCUT2D eigenvalue weighted by Gasteiger charge is 2.11. The summed E-state index contributed by atoms with van der Waals surface area (Å²) in [7, 11) is 1.69. The van der Waals surface area contributed by atoms with Crippen LogP contribution in [0.3, 0.4) is 0 Å². The number of rotatable bonds is 6. The van der Waals surface area contributed by atoms with Crippen LogP contribution in [0.1, 0.15) is 29.2 Å². The maximum absolute atomic E-state index is 11.6. The van der Waals surface area contributed by atoms with E-state index < -0.39 is 0 Å². The predicted octanol–water partition coefficient (Wildman–Crippen LogP) is 1.85. The van der Waals surface area contributed by atoms with Gasteiger partial charge in [0, 0.05) is 6.54 Å². The molecule has 106 valence electrons. The third-order valence-corrected chi connectivity index (χ3v) is 3.35. The van der Waals surface area contributed by atoms with Crippen LogP contribution in [-0.4, -0.2) is 26.1 Å². The van der Waals surface area contributed by atoms with Crippen LogP contribution < -0.4 is 15.4 Å². The van der Waals surface area contributed by atoms with Crippen molar-refractivity contribution < 1.29 is 9.53 Å². The summed E-state index contributed by atoms with van der Waals surface area (Å²) in [6, 6.07) is 2.08. The third-order valence-electron chi connectivity index (χ3n) is 3.35. The summed E-state index contributed by atoms with van der Waals surface area (Å²) in [6.07, 6.45) is 0. The molecule has 1 aromatic rings. The van der Waals surface area contributed by atoms with Crippen molar-refractivity contribution in [2.45, 2.75) is 34.2 Å². The van der Waals surface area contributed by atoms with Crippen LogP contribution in [0, 0.1) is 20.8 Å². The van der Waals surface area contributed by atoms with Gasteiger partial charge >= 0.3 is 0 Å². The van der Waals surface area contributed by atoms with Crippen LogP contribution >= 0.6 is 0 Å². The normalized spacial score (nSPS) is 10.4. The van der Waals surface area contributed by atoms with Crippen LogP contribution in [0.25, 0.3) is 0 Å². The van der Waals surface area contributed by atoms with Crippen LogP contribution in [0.4, 0.5) is 0 Å². The topological polar surface area (TPSA) is 50.4 Å². The number of amides is 1. The highest BCUT2D eigenvalue weighted by Crippen LogP contribution is 2.28. The number of nitrogens with one attached hydrogen (secondary N) is 2. The van der Waals surface area contributed by atoms with Crippen molar-refractivity contribution in [2.24, 2.45) is 0 Å². The minimum atomic E-state index is 0.0207. The zero-order chi connectivity index (χ0) is 14.4. The maximum Gasteiger partial charge on any atom is 0.234 e. The zero-order valence-corrected chi connectivity index (χ0v) is 12.5. The summed E-state index contributed by atoms with van der Waals surface area (Å²) in [5.74, 6) is 0.951. The lowest BCUT2D eigenvalue weighted by atomic mass is 9.98. The van der Waals surface area contributed by atoms with E-state index >= 15 is 0 Å². The number of hydrogen-bond acceptors (Lipinski definition) is 3. The number of benzene rings is 1. The quantitative estimate of drug-likeness (QED) is 0.824. The van der Waals surface area contributed by atoms with Gasteiger partial charge in [-0.05, 0) is 49.6 Å². The second-order valence-corrected chi connectivity index (χ2v) is 4.69. The van der Waals surface area contributed by atoms with Crippen molar-refractivity contribution in [3.63, 3.8) is 0 Å². The van der Waals surface area contributed by atoms with Crippen molar-refractivity contribution in [1.82, 2.24) is 10.6 Å². The molecule has 0 atom stereocenters. The van der Waals surface area contributed by atoms with Gasteiger partial charge in [0.15, 0.2) is 0 Å². The Bertz CT molecular complexity index is 456. The number of ether oxygens (including phenoxy) is 1. The van der Waals surface area contributed by atoms with E-state index in [1.165, 1.54) is 5.56 Å². The summed E-state index contributed by atoms with van der Waals surface area (Å²) in [4.78, 5) is 11.6. The Morgan fingerprint density at radius 1 is 1.26 bits per heavy atom. The molecule has 0 fully saturated rings. The highest BCUT2D eigenvalue weighted by molar-refractivity contribution is 5.78. The van der Waals surface area contributed by atoms with Crippen LogP contribution in [-0.2, 0) is 11.3 Å². The maximum atomic E-state index is 11.6. The van der Waals surface area contributed by atoms with Gasteiger partial charge in [-0.15, -0.1) is 0 Å². The summed E-state index contributed by atoms with van der Waals surface area (Å²) in [6.45, 7) is 9.83. The van der Waals surface area contributed by atoms with Gasteiger partial charge in [0.2, 0.25) is 5.91 Å². The van der Waals surface area contributed by atoms with Crippen LogP contribution in [0.15, 0.2) is 6.07 Å². The second-order valence-electron chi connectivity index (χ2n) is 4.69. The van der Waals surface area contributed by atoms with E-state index in [2.05, 4.69) is 23.6 Å². The van der Waals surface area contributed by atoms with E-state index in [1.54, 1.807) is 7.11 Å². The fourth-order valence-corrected chi connectivity index (χ4v) is 2.13. The molecule has 0 unspecified atom stereocenters. The van der Waals surface area contributed by atoms with Gasteiger partial charge in [0.25, 0.3) is 0 Å².